The molecule has 1 aliphatic rings. The minimum atomic E-state index is -3.45. The van der Waals surface area contributed by atoms with Crippen molar-refractivity contribution in [2.75, 3.05) is 7.11 Å². The first-order valence-corrected chi connectivity index (χ1v) is 5.43. The molecule has 0 unspecified atom stereocenters. The standard InChI is InChI=1S/C3H6O5P2/c1-3-9(4)7-10(5,6-2)8-9/h3H,1H2,2H3. The maximum atomic E-state index is 10.8. The van der Waals surface area contributed by atoms with Crippen LogP contribution in [0.1, 0.15) is 0 Å². The van der Waals surface area contributed by atoms with Crippen LogP contribution in [0.3, 0.4) is 0 Å². The molecule has 0 aromatic heterocycles. The summed E-state index contributed by atoms with van der Waals surface area (Å²) in [5, 5.41) is 0. The third kappa shape index (κ3) is 1.24. The van der Waals surface area contributed by atoms with Gasteiger partial charge in [-0.25, -0.2) is 13.2 Å². The number of phosphoric acid groups is 1. The summed E-state index contributed by atoms with van der Waals surface area (Å²) in [7, 11) is -5.54. The molecule has 1 aliphatic heterocycles. The maximum Gasteiger partial charge on any atom is 0.489 e. The third-order valence-corrected chi connectivity index (χ3v) is 5.19. The predicted molar refractivity (Wildman–Crippen MR) is 34.6 cm³/mol. The van der Waals surface area contributed by atoms with Gasteiger partial charge in [-0.3, -0.25) is 9.09 Å². The average molecular weight is 184 g/mol. The van der Waals surface area contributed by atoms with E-state index in [1.165, 1.54) is 0 Å². The Hall–Kier alpha value is 0.0800. The van der Waals surface area contributed by atoms with Crippen LogP contribution in [0, 0.1) is 0 Å². The van der Waals surface area contributed by atoms with Crippen LogP contribution in [0.2, 0.25) is 0 Å². The third-order valence-electron chi connectivity index (χ3n) is 0.875. The molecule has 1 fully saturated rings. The lowest BCUT2D eigenvalue weighted by Crippen LogP contribution is -2.04. The van der Waals surface area contributed by atoms with Crippen LogP contribution < -0.4 is 0 Å². The molecular formula is C3H6O5P2. The van der Waals surface area contributed by atoms with Gasteiger partial charge in [0.2, 0.25) is 0 Å². The second-order valence-electron chi connectivity index (χ2n) is 1.52. The van der Waals surface area contributed by atoms with Crippen molar-refractivity contribution in [3.05, 3.63) is 12.4 Å². The highest BCUT2D eigenvalue weighted by Gasteiger charge is 2.52. The number of hydrogen-bond acceptors (Lipinski definition) is 5. The van der Waals surface area contributed by atoms with Gasteiger partial charge in [-0.1, -0.05) is 6.58 Å². The van der Waals surface area contributed by atoms with Crippen molar-refractivity contribution in [2.45, 2.75) is 0 Å². The highest BCUT2D eigenvalue weighted by molar-refractivity contribution is 7.79. The van der Waals surface area contributed by atoms with Crippen molar-refractivity contribution in [2.24, 2.45) is 0 Å². The second kappa shape index (κ2) is 2.29. The first kappa shape index (κ1) is 8.18. The average Bonchev–Trinajstić information content (AvgIpc) is 1.85. The largest absolute Gasteiger partial charge is 0.489 e. The van der Waals surface area contributed by atoms with Gasteiger partial charge in [-0.15, -0.1) is 0 Å². The van der Waals surface area contributed by atoms with Crippen LogP contribution in [0.4, 0.5) is 0 Å². The van der Waals surface area contributed by atoms with Crippen LogP contribution >= 0.6 is 15.4 Å². The van der Waals surface area contributed by atoms with E-state index in [1.807, 2.05) is 0 Å². The van der Waals surface area contributed by atoms with Crippen LogP contribution in [-0.2, 0) is 22.3 Å². The molecule has 1 saturated heterocycles. The van der Waals surface area contributed by atoms with Gasteiger partial charge >= 0.3 is 15.4 Å². The molecule has 10 heavy (non-hydrogen) atoms. The van der Waals surface area contributed by atoms with Gasteiger partial charge in [0.15, 0.2) is 0 Å². The molecule has 0 atom stereocenters. The number of rotatable bonds is 2. The van der Waals surface area contributed by atoms with E-state index in [0.29, 0.717) is 0 Å². The van der Waals surface area contributed by atoms with Crippen LogP contribution in [0.25, 0.3) is 0 Å². The van der Waals surface area contributed by atoms with E-state index in [9.17, 15) is 9.13 Å². The second-order valence-corrected chi connectivity index (χ2v) is 5.53. The van der Waals surface area contributed by atoms with E-state index in [0.717, 1.165) is 12.9 Å². The van der Waals surface area contributed by atoms with Gasteiger partial charge in [0.1, 0.15) is 0 Å². The van der Waals surface area contributed by atoms with Crippen molar-refractivity contribution in [3.63, 3.8) is 0 Å². The zero-order valence-electron chi connectivity index (χ0n) is 5.22. The van der Waals surface area contributed by atoms with Crippen molar-refractivity contribution in [3.8, 4) is 0 Å². The Labute approximate surface area is 58.1 Å². The van der Waals surface area contributed by atoms with Gasteiger partial charge < -0.3 is 0 Å². The SMILES string of the molecule is C=CP1(=O)OP(=O)(OC)O1. The van der Waals surface area contributed by atoms with Crippen molar-refractivity contribution >= 4 is 15.4 Å². The molecule has 1 rings (SSSR count). The Bertz CT molecular complexity index is 231. The molecule has 1 heterocycles. The molecule has 5 nitrogen and oxygen atoms in total. The molecule has 0 radical (unpaired) electrons. The smallest absolute Gasteiger partial charge is 0.290 e. The molecule has 0 aromatic carbocycles. The van der Waals surface area contributed by atoms with E-state index in [4.69, 9.17) is 0 Å². The molecule has 0 bridgehead atoms. The Morgan fingerprint density at radius 2 is 2.00 bits per heavy atom. The van der Waals surface area contributed by atoms with Crippen molar-refractivity contribution < 1.29 is 22.3 Å². The van der Waals surface area contributed by atoms with Crippen molar-refractivity contribution in [1.29, 1.82) is 0 Å². The normalized spacial score (nSPS) is 46.1. The Morgan fingerprint density at radius 1 is 1.50 bits per heavy atom. The quantitative estimate of drug-likeness (QED) is 0.615. The zero-order chi connectivity index (χ0) is 7.83. The van der Waals surface area contributed by atoms with E-state index in [-0.39, 0.29) is 0 Å². The van der Waals surface area contributed by atoms with E-state index in [1.54, 1.807) is 0 Å². The summed E-state index contributed by atoms with van der Waals surface area (Å²) in [5.74, 6) is 0.974. The number of hydrogen-bond donors (Lipinski definition) is 0. The fourth-order valence-corrected chi connectivity index (χ4v) is 3.76. The minimum absolute atomic E-state index is 0.974. The monoisotopic (exact) mass is 184 g/mol. The summed E-state index contributed by atoms with van der Waals surface area (Å²) >= 11 is 0. The molecule has 58 valence electrons. The lowest BCUT2D eigenvalue weighted by atomic mass is 11.3. The summed E-state index contributed by atoms with van der Waals surface area (Å²) in [6.07, 6.45) is 0. The highest BCUT2D eigenvalue weighted by Crippen LogP contribution is 2.82. The minimum Gasteiger partial charge on any atom is -0.290 e. The Kier molecular flexibility index (Phi) is 1.88. The molecule has 0 aromatic rings. The van der Waals surface area contributed by atoms with E-state index in [2.05, 4.69) is 19.7 Å². The van der Waals surface area contributed by atoms with Gasteiger partial charge in [0.25, 0.3) is 0 Å². The maximum absolute atomic E-state index is 10.8. The lowest BCUT2D eigenvalue weighted by Gasteiger charge is -2.29. The van der Waals surface area contributed by atoms with Crippen LogP contribution in [0.15, 0.2) is 12.4 Å². The van der Waals surface area contributed by atoms with Gasteiger partial charge in [0, 0.05) is 12.9 Å². The predicted octanol–water partition coefficient (Wildman–Crippen LogP) is 2.12. The zero-order valence-corrected chi connectivity index (χ0v) is 7.01. The van der Waals surface area contributed by atoms with Gasteiger partial charge in [0.05, 0.1) is 0 Å². The van der Waals surface area contributed by atoms with Gasteiger partial charge in [-0.2, -0.15) is 0 Å². The molecule has 0 amide bonds. The summed E-state index contributed by atoms with van der Waals surface area (Å²) < 4.78 is 34.5. The summed E-state index contributed by atoms with van der Waals surface area (Å²) in [4.78, 5) is 0. The molecule has 0 aliphatic carbocycles. The summed E-state index contributed by atoms with van der Waals surface area (Å²) in [6, 6.07) is 0. The Balaban J connectivity index is 2.67. The first-order valence-electron chi connectivity index (χ1n) is 2.35. The fraction of sp³-hybridized carbons (Fsp3) is 0.333. The molecular weight excluding hydrogens is 178 g/mol. The molecule has 0 spiro atoms. The Morgan fingerprint density at radius 3 is 2.30 bits per heavy atom. The van der Waals surface area contributed by atoms with Crippen molar-refractivity contribution in [1.82, 2.24) is 0 Å². The first-order chi connectivity index (χ1) is 4.54. The highest BCUT2D eigenvalue weighted by atomic mass is 31.3. The summed E-state index contributed by atoms with van der Waals surface area (Å²) in [6.45, 7) is 3.16. The van der Waals surface area contributed by atoms with E-state index < -0.39 is 15.4 Å². The topological polar surface area (TPSA) is 61.8 Å². The molecule has 7 heteroatoms. The summed E-state index contributed by atoms with van der Waals surface area (Å²) in [5.41, 5.74) is 0. The van der Waals surface area contributed by atoms with Crippen LogP contribution in [-0.4, -0.2) is 7.11 Å². The molecule has 0 saturated carbocycles. The van der Waals surface area contributed by atoms with Crippen LogP contribution in [0.5, 0.6) is 0 Å². The van der Waals surface area contributed by atoms with E-state index >= 15 is 0 Å². The van der Waals surface area contributed by atoms with Gasteiger partial charge in [-0.05, 0) is 0 Å². The lowest BCUT2D eigenvalue weighted by molar-refractivity contribution is 0.189. The fourth-order valence-electron chi connectivity index (χ4n) is 0.418. The molecule has 0 N–H and O–H groups in total.